The van der Waals surface area contributed by atoms with E-state index in [2.05, 4.69) is 22.7 Å². The van der Waals surface area contributed by atoms with Crippen molar-refractivity contribution in [2.75, 3.05) is 7.11 Å². The van der Waals surface area contributed by atoms with Crippen molar-refractivity contribution in [1.29, 1.82) is 0 Å². The molecule has 0 aromatic heterocycles. The highest BCUT2D eigenvalue weighted by atomic mass is 16.5. The lowest BCUT2D eigenvalue weighted by molar-refractivity contribution is 0.155. The van der Waals surface area contributed by atoms with Crippen LogP contribution >= 0.6 is 0 Å². The van der Waals surface area contributed by atoms with Gasteiger partial charge >= 0.3 is 6.03 Å². The van der Waals surface area contributed by atoms with E-state index in [1.54, 1.807) is 7.11 Å². The quantitative estimate of drug-likeness (QED) is 0.633. The number of hydrazone groups is 1. The van der Waals surface area contributed by atoms with Gasteiger partial charge in [-0.1, -0.05) is 61.5 Å². The third kappa shape index (κ3) is 4.40. The second kappa shape index (κ2) is 8.10. The van der Waals surface area contributed by atoms with Gasteiger partial charge in [-0.25, -0.2) is 10.2 Å². The van der Waals surface area contributed by atoms with E-state index in [9.17, 15) is 4.79 Å². The van der Waals surface area contributed by atoms with Crippen molar-refractivity contribution in [3.8, 4) is 11.1 Å². The van der Waals surface area contributed by atoms with Crippen LogP contribution in [0.4, 0.5) is 4.79 Å². The molecule has 2 amide bonds. The molecule has 1 unspecified atom stereocenters. The van der Waals surface area contributed by atoms with Crippen LogP contribution in [-0.4, -0.2) is 18.9 Å². The number of urea groups is 1. The molecule has 2 aromatic rings. The van der Waals surface area contributed by atoms with E-state index >= 15 is 0 Å². The predicted molar refractivity (Wildman–Crippen MR) is 92.1 cm³/mol. The fourth-order valence-electron chi connectivity index (χ4n) is 2.40. The number of primary amides is 1. The van der Waals surface area contributed by atoms with E-state index in [1.807, 2.05) is 49.4 Å². The standard InChI is InChI=1S/C18H21N3O2/c1-3-16(20-21-18(19)22)17(23-2)15-11-9-14(10-12-15)13-7-5-4-6-8-13/h4-12,17H,3H2,1-2H3,(H3,19,21,22)/b20-16-. The van der Waals surface area contributed by atoms with Gasteiger partial charge in [0.1, 0.15) is 6.10 Å². The molecule has 0 saturated heterocycles. The monoisotopic (exact) mass is 311 g/mol. The summed E-state index contributed by atoms with van der Waals surface area (Å²) in [6, 6.07) is 17.6. The van der Waals surface area contributed by atoms with Crippen LogP contribution in [0.3, 0.4) is 0 Å². The zero-order chi connectivity index (χ0) is 16.7. The molecule has 0 spiro atoms. The number of nitrogens with zero attached hydrogens (tertiary/aromatic N) is 1. The number of methoxy groups -OCH3 is 1. The molecule has 0 aliphatic rings. The van der Waals surface area contributed by atoms with Crippen LogP contribution in [0.2, 0.25) is 0 Å². The lowest BCUT2D eigenvalue weighted by Gasteiger charge is -2.17. The molecule has 5 nitrogen and oxygen atoms in total. The van der Waals surface area contributed by atoms with Gasteiger partial charge in [0.15, 0.2) is 0 Å². The van der Waals surface area contributed by atoms with Crippen LogP contribution in [0.15, 0.2) is 59.7 Å². The fraction of sp³-hybridized carbons (Fsp3) is 0.222. The smallest absolute Gasteiger partial charge is 0.332 e. The highest BCUT2D eigenvalue weighted by Crippen LogP contribution is 2.24. The number of nitrogens with one attached hydrogen (secondary N) is 1. The van der Waals surface area contributed by atoms with E-state index in [4.69, 9.17) is 10.5 Å². The molecule has 120 valence electrons. The number of carbonyl (C=O) groups excluding carboxylic acids is 1. The van der Waals surface area contributed by atoms with Crippen molar-refractivity contribution in [3.63, 3.8) is 0 Å². The SMILES string of the molecule is CC/C(=N/NC(N)=O)C(OC)c1ccc(-c2ccccc2)cc1. The molecule has 5 heteroatoms. The van der Waals surface area contributed by atoms with Crippen LogP contribution in [0.5, 0.6) is 0 Å². The summed E-state index contributed by atoms with van der Waals surface area (Å²) in [7, 11) is 1.62. The van der Waals surface area contributed by atoms with Gasteiger partial charge in [0.05, 0.1) is 5.71 Å². The van der Waals surface area contributed by atoms with Crippen LogP contribution in [0.25, 0.3) is 11.1 Å². The maximum Gasteiger partial charge on any atom is 0.332 e. The molecule has 0 aliphatic heterocycles. The van der Waals surface area contributed by atoms with Crippen LogP contribution < -0.4 is 11.2 Å². The van der Waals surface area contributed by atoms with Crippen molar-refractivity contribution < 1.29 is 9.53 Å². The van der Waals surface area contributed by atoms with Crippen molar-refractivity contribution in [1.82, 2.24) is 5.43 Å². The topological polar surface area (TPSA) is 76.7 Å². The Morgan fingerprint density at radius 3 is 2.26 bits per heavy atom. The highest BCUT2D eigenvalue weighted by Gasteiger charge is 2.17. The summed E-state index contributed by atoms with van der Waals surface area (Å²) < 4.78 is 5.54. The average Bonchev–Trinajstić information content (AvgIpc) is 2.59. The number of ether oxygens (including phenoxy) is 1. The molecule has 0 bridgehead atoms. The van der Waals surface area contributed by atoms with Crippen LogP contribution in [-0.2, 0) is 4.74 Å². The lowest BCUT2D eigenvalue weighted by atomic mass is 9.99. The van der Waals surface area contributed by atoms with Crippen molar-refractivity contribution >= 4 is 11.7 Å². The third-order valence-electron chi connectivity index (χ3n) is 3.53. The van der Waals surface area contributed by atoms with Gasteiger partial charge in [-0.15, -0.1) is 0 Å². The normalized spacial score (nSPS) is 12.7. The first kappa shape index (κ1) is 16.7. The Morgan fingerprint density at radius 2 is 1.74 bits per heavy atom. The molecule has 0 saturated carbocycles. The number of rotatable bonds is 6. The Balaban J connectivity index is 2.24. The maximum atomic E-state index is 10.8. The van der Waals surface area contributed by atoms with Gasteiger partial charge in [-0.05, 0) is 23.1 Å². The minimum Gasteiger partial charge on any atom is -0.371 e. The summed E-state index contributed by atoms with van der Waals surface area (Å²) in [5, 5.41) is 4.04. The van der Waals surface area contributed by atoms with Gasteiger partial charge in [-0.3, -0.25) is 0 Å². The first-order valence-corrected chi connectivity index (χ1v) is 7.45. The molecule has 1 atom stereocenters. The van der Waals surface area contributed by atoms with Gasteiger partial charge in [0, 0.05) is 7.11 Å². The van der Waals surface area contributed by atoms with Gasteiger partial charge in [0.25, 0.3) is 0 Å². The summed E-state index contributed by atoms with van der Waals surface area (Å²) in [5.41, 5.74) is 11.3. The lowest BCUT2D eigenvalue weighted by Crippen LogP contribution is -2.27. The first-order valence-electron chi connectivity index (χ1n) is 7.45. The molecule has 0 fully saturated rings. The van der Waals surface area contributed by atoms with E-state index in [0.29, 0.717) is 12.1 Å². The number of benzene rings is 2. The van der Waals surface area contributed by atoms with Crippen LogP contribution in [0.1, 0.15) is 25.0 Å². The van der Waals surface area contributed by atoms with Gasteiger partial charge in [0.2, 0.25) is 0 Å². The van der Waals surface area contributed by atoms with Crippen molar-refractivity contribution in [3.05, 3.63) is 60.2 Å². The zero-order valence-electron chi connectivity index (χ0n) is 13.3. The molecule has 23 heavy (non-hydrogen) atoms. The predicted octanol–water partition coefficient (Wildman–Crippen LogP) is 3.48. The minimum absolute atomic E-state index is 0.323. The fourth-order valence-corrected chi connectivity index (χ4v) is 2.40. The summed E-state index contributed by atoms with van der Waals surface area (Å²) in [6.45, 7) is 1.95. The Morgan fingerprint density at radius 1 is 1.13 bits per heavy atom. The molecule has 2 rings (SSSR count). The van der Waals surface area contributed by atoms with E-state index < -0.39 is 6.03 Å². The van der Waals surface area contributed by atoms with Crippen LogP contribution in [0, 0.1) is 0 Å². The van der Waals surface area contributed by atoms with Crippen molar-refractivity contribution in [2.45, 2.75) is 19.4 Å². The summed E-state index contributed by atoms with van der Waals surface area (Å²) in [4.78, 5) is 10.8. The third-order valence-corrected chi connectivity index (χ3v) is 3.53. The van der Waals surface area contributed by atoms with Gasteiger partial charge in [-0.2, -0.15) is 5.10 Å². The molecular formula is C18H21N3O2. The number of hydrogen-bond acceptors (Lipinski definition) is 3. The molecule has 0 aliphatic carbocycles. The molecular weight excluding hydrogens is 290 g/mol. The zero-order valence-corrected chi connectivity index (χ0v) is 13.3. The Bertz CT molecular complexity index is 666. The minimum atomic E-state index is -0.690. The van der Waals surface area contributed by atoms with E-state index in [-0.39, 0.29) is 6.10 Å². The molecule has 2 aromatic carbocycles. The number of hydrogen-bond donors (Lipinski definition) is 2. The largest absolute Gasteiger partial charge is 0.371 e. The Labute approximate surface area is 136 Å². The van der Waals surface area contributed by atoms with Gasteiger partial charge < -0.3 is 10.5 Å². The number of nitrogens with two attached hydrogens (primary N) is 1. The summed E-state index contributed by atoms with van der Waals surface area (Å²) in [5.74, 6) is 0. The average molecular weight is 311 g/mol. The number of carbonyl (C=O) groups is 1. The maximum absolute atomic E-state index is 10.8. The summed E-state index contributed by atoms with van der Waals surface area (Å²) >= 11 is 0. The first-order chi connectivity index (χ1) is 11.2. The Kier molecular flexibility index (Phi) is 5.88. The second-order valence-electron chi connectivity index (χ2n) is 5.04. The molecule has 0 radical (unpaired) electrons. The summed E-state index contributed by atoms with van der Waals surface area (Å²) in [6.07, 6.45) is 0.316. The van der Waals surface area contributed by atoms with E-state index in [0.717, 1.165) is 16.7 Å². The van der Waals surface area contributed by atoms with E-state index in [1.165, 1.54) is 0 Å². The van der Waals surface area contributed by atoms with Crippen molar-refractivity contribution in [2.24, 2.45) is 10.8 Å². The molecule has 3 N–H and O–H groups in total. The highest BCUT2D eigenvalue weighted by molar-refractivity contribution is 5.90. The second-order valence-corrected chi connectivity index (χ2v) is 5.04. The molecule has 0 heterocycles. The number of amides is 2. The Hall–Kier alpha value is -2.66.